The second-order valence-corrected chi connectivity index (χ2v) is 5.12. The highest BCUT2D eigenvalue weighted by atomic mass is 16.2. The van der Waals surface area contributed by atoms with Crippen LogP contribution in [0.4, 0.5) is 10.5 Å². The zero-order chi connectivity index (χ0) is 15.5. The summed E-state index contributed by atoms with van der Waals surface area (Å²) in [5.74, 6) is 0.687. The molecule has 0 saturated carbocycles. The molecule has 6 heteroatoms. The third kappa shape index (κ3) is 2.76. The minimum absolute atomic E-state index is 0.259. The number of hydrogen-bond donors (Lipinski definition) is 2. The van der Waals surface area contributed by atoms with Gasteiger partial charge in [0.1, 0.15) is 0 Å². The van der Waals surface area contributed by atoms with Crippen molar-refractivity contribution in [3.05, 3.63) is 59.5 Å². The van der Waals surface area contributed by atoms with E-state index in [9.17, 15) is 4.79 Å². The molecule has 6 nitrogen and oxygen atoms in total. The average Bonchev–Trinajstić information content (AvgIpc) is 2.92. The Morgan fingerprint density at radius 2 is 1.86 bits per heavy atom. The maximum absolute atomic E-state index is 12.1. The van der Waals surface area contributed by atoms with Crippen LogP contribution in [0.25, 0.3) is 5.65 Å². The predicted molar refractivity (Wildman–Crippen MR) is 84.8 cm³/mol. The van der Waals surface area contributed by atoms with E-state index in [0.717, 1.165) is 22.5 Å². The summed E-state index contributed by atoms with van der Waals surface area (Å²) < 4.78 is 1.85. The van der Waals surface area contributed by atoms with Gasteiger partial charge in [-0.1, -0.05) is 24.3 Å². The molecule has 112 valence electrons. The van der Waals surface area contributed by atoms with E-state index in [-0.39, 0.29) is 6.03 Å². The maximum Gasteiger partial charge on any atom is 0.319 e. The lowest BCUT2D eigenvalue weighted by Gasteiger charge is -2.12. The second kappa shape index (κ2) is 5.85. The summed E-state index contributed by atoms with van der Waals surface area (Å²) in [6, 6.07) is 11.3. The molecule has 2 amide bonds. The smallest absolute Gasteiger partial charge is 0.319 e. The summed E-state index contributed by atoms with van der Waals surface area (Å²) in [6.07, 6.45) is 1.87. The Kier molecular flexibility index (Phi) is 3.74. The number of carbonyl (C=O) groups is 1. The third-order valence-electron chi connectivity index (χ3n) is 3.51. The van der Waals surface area contributed by atoms with E-state index in [1.165, 1.54) is 0 Å². The Hall–Kier alpha value is -2.89. The molecule has 2 aromatic heterocycles. The fraction of sp³-hybridized carbons (Fsp3) is 0.188. The number of hydrogen-bond acceptors (Lipinski definition) is 3. The first-order valence-corrected chi connectivity index (χ1v) is 7.05. The molecule has 0 saturated heterocycles. The van der Waals surface area contributed by atoms with Gasteiger partial charge in [-0.05, 0) is 37.1 Å². The van der Waals surface area contributed by atoms with Crippen molar-refractivity contribution >= 4 is 17.4 Å². The summed E-state index contributed by atoms with van der Waals surface area (Å²) in [6.45, 7) is 4.24. The Morgan fingerprint density at radius 3 is 2.64 bits per heavy atom. The van der Waals surface area contributed by atoms with Gasteiger partial charge in [-0.25, -0.2) is 4.79 Å². The van der Waals surface area contributed by atoms with Gasteiger partial charge in [0.25, 0.3) is 0 Å². The number of para-hydroxylation sites is 1. The molecular formula is C16H17N5O. The molecule has 3 rings (SSSR count). The van der Waals surface area contributed by atoms with Gasteiger partial charge in [0.15, 0.2) is 11.5 Å². The van der Waals surface area contributed by atoms with Crippen molar-refractivity contribution in [2.45, 2.75) is 20.4 Å². The fourth-order valence-electron chi connectivity index (χ4n) is 2.34. The number of pyridine rings is 1. The number of urea groups is 1. The lowest BCUT2D eigenvalue weighted by molar-refractivity contribution is 0.251. The Balaban J connectivity index is 1.68. The number of aryl methyl sites for hydroxylation is 2. The average molecular weight is 295 g/mol. The van der Waals surface area contributed by atoms with Gasteiger partial charge in [0.2, 0.25) is 0 Å². The van der Waals surface area contributed by atoms with Gasteiger partial charge in [0, 0.05) is 11.9 Å². The molecule has 0 aliphatic rings. The van der Waals surface area contributed by atoms with Gasteiger partial charge in [-0.2, -0.15) is 0 Å². The first kappa shape index (κ1) is 14.1. The highest BCUT2D eigenvalue weighted by Crippen LogP contribution is 2.19. The lowest BCUT2D eigenvalue weighted by Crippen LogP contribution is -2.29. The normalized spacial score (nSPS) is 10.6. The molecule has 2 N–H and O–H groups in total. The van der Waals surface area contributed by atoms with Crippen molar-refractivity contribution in [3.8, 4) is 0 Å². The molecule has 0 spiro atoms. The monoisotopic (exact) mass is 295 g/mol. The fourth-order valence-corrected chi connectivity index (χ4v) is 2.34. The van der Waals surface area contributed by atoms with Crippen LogP contribution in [0.15, 0.2) is 42.6 Å². The van der Waals surface area contributed by atoms with E-state index in [1.807, 2.05) is 60.8 Å². The van der Waals surface area contributed by atoms with Crippen LogP contribution in [0.5, 0.6) is 0 Å². The summed E-state index contributed by atoms with van der Waals surface area (Å²) in [5, 5.41) is 13.8. The lowest BCUT2D eigenvalue weighted by atomic mass is 10.1. The van der Waals surface area contributed by atoms with E-state index >= 15 is 0 Å². The van der Waals surface area contributed by atoms with Crippen LogP contribution in [0.1, 0.15) is 17.0 Å². The SMILES string of the molecule is Cc1cccc(C)c1NC(=O)NCc1nnc2ccccn12. The minimum atomic E-state index is -0.259. The number of aromatic nitrogens is 3. The van der Waals surface area contributed by atoms with Gasteiger partial charge in [-0.3, -0.25) is 4.40 Å². The Morgan fingerprint density at radius 1 is 1.09 bits per heavy atom. The number of benzene rings is 1. The van der Waals surface area contributed by atoms with Crippen LogP contribution < -0.4 is 10.6 Å². The number of anilines is 1. The largest absolute Gasteiger partial charge is 0.331 e. The summed E-state index contributed by atoms with van der Waals surface area (Å²) in [5.41, 5.74) is 3.66. The van der Waals surface area contributed by atoms with Crippen LogP contribution in [0.3, 0.4) is 0 Å². The molecule has 22 heavy (non-hydrogen) atoms. The number of nitrogens with one attached hydrogen (secondary N) is 2. The summed E-state index contributed by atoms with van der Waals surface area (Å²) in [4.78, 5) is 12.1. The highest BCUT2D eigenvalue weighted by molar-refractivity contribution is 5.90. The Bertz CT molecular complexity index is 804. The molecule has 3 aromatic rings. The number of carbonyl (C=O) groups excluding carboxylic acids is 1. The van der Waals surface area contributed by atoms with Gasteiger partial charge in [0.05, 0.1) is 6.54 Å². The predicted octanol–water partition coefficient (Wildman–Crippen LogP) is 2.67. The van der Waals surface area contributed by atoms with Crippen molar-refractivity contribution < 1.29 is 4.79 Å². The highest BCUT2D eigenvalue weighted by Gasteiger charge is 2.09. The van der Waals surface area contributed by atoms with E-state index in [1.54, 1.807) is 0 Å². The first-order chi connectivity index (χ1) is 10.6. The number of rotatable bonds is 3. The van der Waals surface area contributed by atoms with Crippen LogP contribution in [-0.2, 0) is 6.54 Å². The first-order valence-electron chi connectivity index (χ1n) is 7.05. The maximum atomic E-state index is 12.1. The summed E-state index contributed by atoms with van der Waals surface area (Å²) >= 11 is 0. The van der Waals surface area contributed by atoms with Crippen molar-refractivity contribution in [3.63, 3.8) is 0 Å². The van der Waals surface area contributed by atoms with Crippen molar-refractivity contribution in [2.24, 2.45) is 0 Å². The molecular weight excluding hydrogens is 278 g/mol. The van der Waals surface area contributed by atoms with Gasteiger partial charge < -0.3 is 10.6 Å². The van der Waals surface area contributed by atoms with Crippen LogP contribution in [0, 0.1) is 13.8 Å². The Labute approximate surface area is 128 Å². The molecule has 0 aliphatic carbocycles. The van der Waals surface area contributed by atoms with Gasteiger partial charge in [-0.15, -0.1) is 10.2 Å². The molecule has 2 heterocycles. The molecule has 0 radical (unpaired) electrons. The van der Waals surface area contributed by atoms with Crippen LogP contribution in [-0.4, -0.2) is 20.6 Å². The van der Waals surface area contributed by atoms with Crippen LogP contribution in [0.2, 0.25) is 0 Å². The third-order valence-corrected chi connectivity index (χ3v) is 3.51. The number of fused-ring (bicyclic) bond motifs is 1. The molecule has 0 fully saturated rings. The minimum Gasteiger partial charge on any atom is -0.331 e. The zero-order valence-electron chi connectivity index (χ0n) is 12.5. The molecule has 1 aromatic carbocycles. The molecule has 0 aliphatic heterocycles. The van der Waals surface area contributed by atoms with Crippen LogP contribution >= 0.6 is 0 Å². The van der Waals surface area contributed by atoms with Crippen molar-refractivity contribution in [1.82, 2.24) is 19.9 Å². The topological polar surface area (TPSA) is 71.3 Å². The van der Waals surface area contributed by atoms with E-state index in [4.69, 9.17) is 0 Å². The molecule has 0 atom stereocenters. The molecule has 0 unspecified atom stereocenters. The standard InChI is InChI=1S/C16H17N5O/c1-11-6-5-7-12(2)15(11)18-16(22)17-10-14-20-19-13-8-3-4-9-21(13)14/h3-9H,10H2,1-2H3,(H2,17,18,22). The van der Waals surface area contributed by atoms with Crippen molar-refractivity contribution in [1.29, 1.82) is 0 Å². The quantitative estimate of drug-likeness (QED) is 0.780. The zero-order valence-corrected chi connectivity index (χ0v) is 12.5. The van der Waals surface area contributed by atoms with E-state index < -0.39 is 0 Å². The summed E-state index contributed by atoms with van der Waals surface area (Å²) in [7, 11) is 0. The number of nitrogens with zero attached hydrogens (tertiary/aromatic N) is 3. The number of amides is 2. The van der Waals surface area contributed by atoms with E-state index in [0.29, 0.717) is 12.4 Å². The molecule has 0 bridgehead atoms. The van der Waals surface area contributed by atoms with Gasteiger partial charge >= 0.3 is 6.03 Å². The van der Waals surface area contributed by atoms with Crippen molar-refractivity contribution in [2.75, 3.05) is 5.32 Å². The van der Waals surface area contributed by atoms with E-state index in [2.05, 4.69) is 20.8 Å². The second-order valence-electron chi connectivity index (χ2n) is 5.12.